The van der Waals surface area contributed by atoms with Gasteiger partial charge in [-0.3, -0.25) is 14.4 Å². The molecule has 5 N–H and O–H groups in total. The summed E-state index contributed by atoms with van der Waals surface area (Å²) in [6.45, 7) is 2.20. The summed E-state index contributed by atoms with van der Waals surface area (Å²) in [5.74, 6) is -1.02. The summed E-state index contributed by atoms with van der Waals surface area (Å²) >= 11 is 0. The van der Waals surface area contributed by atoms with Crippen LogP contribution in [-0.2, 0) is 17.9 Å². The van der Waals surface area contributed by atoms with Gasteiger partial charge in [0.2, 0.25) is 5.91 Å². The summed E-state index contributed by atoms with van der Waals surface area (Å²) in [6, 6.07) is 23.0. The zero-order valence-corrected chi connectivity index (χ0v) is 21.2. The van der Waals surface area contributed by atoms with Gasteiger partial charge in [0, 0.05) is 34.1 Å². The van der Waals surface area contributed by atoms with Crippen LogP contribution in [-0.4, -0.2) is 34.4 Å². The summed E-state index contributed by atoms with van der Waals surface area (Å²) in [4.78, 5) is 42.3. The van der Waals surface area contributed by atoms with Gasteiger partial charge in [-0.2, -0.15) is 0 Å². The van der Waals surface area contributed by atoms with Crippen molar-refractivity contribution in [3.63, 3.8) is 0 Å². The number of nitrogens with zero attached hydrogens (tertiary/aromatic N) is 1. The lowest BCUT2D eigenvalue weighted by Crippen LogP contribution is -2.25. The average Bonchev–Trinajstić information content (AvgIpc) is 3.49. The maximum absolute atomic E-state index is 13.2. The second-order valence-corrected chi connectivity index (χ2v) is 9.71. The minimum Gasteiger partial charge on any atom is -0.387 e. The number of primary amides is 1. The molecule has 0 saturated heterocycles. The largest absolute Gasteiger partial charge is 0.387 e. The number of aliphatic hydroxyl groups is 1. The van der Waals surface area contributed by atoms with E-state index in [1.54, 1.807) is 11.0 Å². The number of H-pyrrole nitrogens is 1. The summed E-state index contributed by atoms with van der Waals surface area (Å²) in [5, 5.41) is 13.4. The molecule has 2 heterocycles. The Hall–Kier alpha value is -4.95. The van der Waals surface area contributed by atoms with E-state index < -0.39 is 18.4 Å². The monoisotopic (exact) mass is 518 g/mol. The van der Waals surface area contributed by atoms with Gasteiger partial charge in [-0.1, -0.05) is 48.5 Å². The van der Waals surface area contributed by atoms with Gasteiger partial charge in [0.15, 0.2) is 0 Å². The maximum atomic E-state index is 13.2. The van der Waals surface area contributed by atoms with Gasteiger partial charge in [0.05, 0.1) is 17.6 Å². The third-order valence-corrected chi connectivity index (χ3v) is 7.42. The number of hydrogen-bond acceptors (Lipinski definition) is 4. The fourth-order valence-corrected chi connectivity index (χ4v) is 5.51. The molecule has 8 heteroatoms. The quantitative estimate of drug-likeness (QED) is 0.269. The number of nitrogens with two attached hydrogens (primary N) is 1. The first-order valence-electron chi connectivity index (χ1n) is 12.6. The topological polar surface area (TPSA) is 129 Å². The van der Waals surface area contributed by atoms with Crippen molar-refractivity contribution in [2.75, 3.05) is 11.5 Å². The second-order valence-electron chi connectivity index (χ2n) is 9.71. The van der Waals surface area contributed by atoms with Crippen molar-refractivity contribution in [2.45, 2.75) is 20.0 Å². The molecular formula is C31H26N4O4. The zero-order chi connectivity index (χ0) is 27.3. The average molecular weight is 519 g/mol. The number of rotatable bonds is 6. The Kier molecular flexibility index (Phi) is 5.89. The van der Waals surface area contributed by atoms with Gasteiger partial charge in [0.1, 0.15) is 6.61 Å². The molecule has 8 nitrogen and oxygen atoms in total. The van der Waals surface area contributed by atoms with E-state index in [0.29, 0.717) is 17.6 Å². The molecule has 0 unspecified atom stereocenters. The smallest absolute Gasteiger partial charge is 0.258 e. The van der Waals surface area contributed by atoms with Crippen LogP contribution in [0.25, 0.3) is 32.9 Å². The van der Waals surface area contributed by atoms with E-state index in [2.05, 4.69) is 10.3 Å². The molecule has 6 rings (SSSR count). The van der Waals surface area contributed by atoms with Crippen LogP contribution in [0, 0.1) is 6.92 Å². The number of aromatic amines is 1. The molecule has 0 spiro atoms. The van der Waals surface area contributed by atoms with E-state index in [0.717, 1.165) is 55.4 Å². The molecule has 0 bridgehead atoms. The number of fused-ring (bicyclic) bond motifs is 4. The minimum absolute atomic E-state index is 0.0204. The second kappa shape index (κ2) is 9.41. The first-order chi connectivity index (χ1) is 18.9. The first kappa shape index (κ1) is 24.4. The Balaban J connectivity index is 1.50. The highest BCUT2D eigenvalue weighted by Gasteiger charge is 2.29. The lowest BCUT2D eigenvalue weighted by Gasteiger charge is -2.21. The number of hydrogen-bond donors (Lipinski definition) is 4. The van der Waals surface area contributed by atoms with E-state index >= 15 is 0 Å². The molecule has 0 saturated carbocycles. The molecular weight excluding hydrogens is 492 g/mol. The van der Waals surface area contributed by atoms with Gasteiger partial charge in [-0.05, 0) is 59.0 Å². The zero-order valence-electron chi connectivity index (χ0n) is 21.2. The fourth-order valence-electron chi connectivity index (χ4n) is 5.51. The van der Waals surface area contributed by atoms with E-state index in [4.69, 9.17) is 10.8 Å². The van der Waals surface area contributed by atoms with Gasteiger partial charge in [-0.25, -0.2) is 0 Å². The first-order valence-corrected chi connectivity index (χ1v) is 12.6. The number of nitrogens with one attached hydrogen (secondary N) is 2. The highest BCUT2D eigenvalue weighted by atomic mass is 16.3. The van der Waals surface area contributed by atoms with Crippen molar-refractivity contribution in [2.24, 2.45) is 5.73 Å². The predicted molar refractivity (Wildman–Crippen MR) is 150 cm³/mol. The molecule has 0 radical (unpaired) electrons. The van der Waals surface area contributed by atoms with Crippen LogP contribution in [0.5, 0.6) is 0 Å². The van der Waals surface area contributed by atoms with Crippen LogP contribution in [0.3, 0.4) is 0 Å². The summed E-state index contributed by atoms with van der Waals surface area (Å²) in [7, 11) is 0. The van der Waals surface area contributed by atoms with Crippen molar-refractivity contribution >= 4 is 45.2 Å². The molecule has 1 aliphatic heterocycles. The summed E-state index contributed by atoms with van der Waals surface area (Å²) in [6.07, 6.45) is 0. The highest BCUT2D eigenvalue weighted by molar-refractivity contribution is 6.20. The Labute approximate surface area is 224 Å². The molecule has 0 fully saturated rings. The number of aromatic nitrogens is 1. The van der Waals surface area contributed by atoms with Gasteiger partial charge >= 0.3 is 0 Å². The van der Waals surface area contributed by atoms with Crippen molar-refractivity contribution in [1.82, 2.24) is 10.3 Å². The van der Waals surface area contributed by atoms with Crippen LogP contribution in [0.1, 0.15) is 37.4 Å². The molecule has 5 aromatic rings. The van der Waals surface area contributed by atoms with Crippen molar-refractivity contribution in [1.29, 1.82) is 0 Å². The van der Waals surface area contributed by atoms with Crippen molar-refractivity contribution < 1.29 is 19.5 Å². The molecule has 0 aliphatic carbocycles. The Morgan fingerprint density at radius 1 is 1.00 bits per heavy atom. The summed E-state index contributed by atoms with van der Waals surface area (Å²) < 4.78 is 0. The molecule has 39 heavy (non-hydrogen) atoms. The molecule has 194 valence electrons. The molecule has 3 amide bonds. The third-order valence-electron chi connectivity index (χ3n) is 7.42. The van der Waals surface area contributed by atoms with Crippen LogP contribution in [0.4, 0.5) is 5.69 Å². The Morgan fingerprint density at radius 3 is 2.56 bits per heavy atom. The lowest BCUT2D eigenvalue weighted by atomic mass is 9.93. The standard InChI is InChI=1S/C31H26N4O4/c1-17-20(7-4-8-26(17)35-15-19-5-2-3-6-21(19)31(35)39)22-11-12-24(30(32)38)29-28(22)23-10-9-18(13-25(23)34-29)14-33-27(37)16-36/h2-13,34,36H,14-16H2,1H3,(H2,32,38)(H,33,37). The van der Waals surface area contributed by atoms with E-state index in [1.807, 2.05) is 73.7 Å². The van der Waals surface area contributed by atoms with E-state index in [9.17, 15) is 14.4 Å². The number of benzene rings is 4. The van der Waals surface area contributed by atoms with Crippen molar-refractivity contribution in [3.05, 3.63) is 101 Å². The SMILES string of the molecule is Cc1c(-c2ccc(C(N)=O)c3[nH]c4cc(CNC(=O)CO)ccc4c23)cccc1N1Cc2ccccc2C1=O. The van der Waals surface area contributed by atoms with E-state index in [1.165, 1.54) is 0 Å². The number of carbonyl (C=O) groups excluding carboxylic acids is 3. The molecule has 1 aromatic heterocycles. The minimum atomic E-state index is -0.576. The Morgan fingerprint density at radius 2 is 1.79 bits per heavy atom. The third kappa shape index (κ3) is 4.02. The lowest BCUT2D eigenvalue weighted by molar-refractivity contribution is -0.123. The van der Waals surface area contributed by atoms with E-state index in [-0.39, 0.29) is 12.5 Å². The Bertz CT molecular complexity index is 1820. The number of anilines is 1. The maximum Gasteiger partial charge on any atom is 0.258 e. The number of amides is 3. The number of aliphatic hydroxyl groups excluding tert-OH is 1. The molecule has 0 atom stereocenters. The molecule has 4 aromatic carbocycles. The normalized spacial score (nSPS) is 12.8. The number of carbonyl (C=O) groups is 3. The molecule has 1 aliphatic rings. The van der Waals surface area contributed by atoms with Crippen LogP contribution >= 0.6 is 0 Å². The van der Waals surface area contributed by atoms with Crippen LogP contribution in [0.15, 0.2) is 72.8 Å². The van der Waals surface area contributed by atoms with Crippen LogP contribution < -0.4 is 16.0 Å². The van der Waals surface area contributed by atoms with Crippen molar-refractivity contribution in [3.8, 4) is 11.1 Å². The highest BCUT2D eigenvalue weighted by Crippen LogP contribution is 2.41. The summed E-state index contributed by atoms with van der Waals surface area (Å²) in [5.41, 5.74) is 13.7. The van der Waals surface area contributed by atoms with Crippen LogP contribution in [0.2, 0.25) is 0 Å². The van der Waals surface area contributed by atoms with Gasteiger partial charge in [-0.15, -0.1) is 0 Å². The fraction of sp³-hybridized carbons (Fsp3) is 0.129. The predicted octanol–water partition coefficient (Wildman–Crippen LogP) is 4.16. The van der Waals surface area contributed by atoms with Gasteiger partial charge < -0.3 is 26.0 Å². The van der Waals surface area contributed by atoms with Gasteiger partial charge in [0.25, 0.3) is 11.8 Å².